The van der Waals surface area contributed by atoms with Crippen LogP contribution in [0.15, 0.2) is 54.6 Å². The van der Waals surface area contributed by atoms with Gasteiger partial charge in [0, 0.05) is 11.6 Å². The summed E-state index contributed by atoms with van der Waals surface area (Å²) in [5, 5.41) is 0. The Hall–Kier alpha value is -2.95. The first-order chi connectivity index (χ1) is 18.0. The largest absolute Gasteiger partial charge is 0.494 e. The van der Waals surface area contributed by atoms with Crippen LogP contribution in [0.5, 0.6) is 11.5 Å². The monoisotopic (exact) mass is 510 g/mol. The average molecular weight is 511 g/mol. The van der Waals surface area contributed by atoms with E-state index in [0.29, 0.717) is 29.0 Å². The number of hydrogen-bond acceptors (Lipinski definition) is 2. The maximum absolute atomic E-state index is 15.0. The van der Waals surface area contributed by atoms with E-state index in [4.69, 9.17) is 9.47 Å². The predicted octanol–water partition coefficient (Wildman–Crippen LogP) is 9.60. The normalized spacial score (nSPS) is 17.5. The fraction of sp³-hybridized carbons (Fsp3) is 0.438. The van der Waals surface area contributed by atoms with Crippen LogP contribution < -0.4 is 9.47 Å². The van der Waals surface area contributed by atoms with E-state index in [1.54, 1.807) is 48.5 Å². The highest BCUT2D eigenvalue weighted by atomic mass is 19.2. The molecule has 3 aromatic rings. The molecule has 0 amide bonds. The van der Waals surface area contributed by atoms with Gasteiger partial charge < -0.3 is 9.47 Å². The lowest BCUT2D eigenvalue weighted by Crippen LogP contribution is -2.15. The molecule has 1 saturated carbocycles. The molecule has 37 heavy (non-hydrogen) atoms. The van der Waals surface area contributed by atoms with Crippen LogP contribution in [0, 0.1) is 23.4 Å². The fourth-order valence-electron chi connectivity index (χ4n) is 5.35. The maximum atomic E-state index is 15.0. The molecule has 0 aromatic heterocycles. The minimum absolute atomic E-state index is 0.0708. The Morgan fingerprint density at radius 3 is 2.22 bits per heavy atom. The van der Waals surface area contributed by atoms with Gasteiger partial charge in [-0.2, -0.15) is 4.39 Å². The summed E-state index contributed by atoms with van der Waals surface area (Å²) in [7, 11) is 0. The first-order valence-electron chi connectivity index (χ1n) is 13.6. The van der Waals surface area contributed by atoms with Crippen molar-refractivity contribution in [1.82, 2.24) is 0 Å². The summed E-state index contributed by atoms with van der Waals surface area (Å²) in [5.41, 5.74) is 2.43. The lowest BCUT2D eigenvalue weighted by Gasteiger charge is -2.29. The van der Waals surface area contributed by atoms with Crippen LogP contribution in [0.4, 0.5) is 13.2 Å². The van der Waals surface area contributed by atoms with Crippen LogP contribution in [0.25, 0.3) is 11.1 Å². The summed E-state index contributed by atoms with van der Waals surface area (Å²) in [6, 6.07) is 15.2. The number of hydrogen-bond donors (Lipinski definition) is 0. The highest BCUT2D eigenvalue weighted by Crippen LogP contribution is 2.40. The smallest absolute Gasteiger partial charge is 0.200 e. The molecule has 0 atom stereocenters. The molecule has 198 valence electrons. The summed E-state index contributed by atoms with van der Waals surface area (Å²) in [6.45, 7) is 4.62. The molecular formula is C32H37F3O2. The van der Waals surface area contributed by atoms with Gasteiger partial charge in [0.2, 0.25) is 5.82 Å². The number of rotatable bonds is 11. The van der Waals surface area contributed by atoms with E-state index in [1.807, 2.05) is 6.92 Å². The third-order valence-electron chi connectivity index (χ3n) is 7.49. The summed E-state index contributed by atoms with van der Waals surface area (Å²) < 4.78 is 55.3. The first-order valence-corrected chi connectivity index (χ1v) is 13.6. The molecule has 0 spiro atoms. The summed E-state index contributed by atoms with van der Waals surface area (Å²) >= 11 is 0. The second-order valence-corrected chi connectivity index (χ2v) is 10.1. The van der Waals surface area contributed by atoms with Crippen LogP contribution >= 0.6 is 0 Å². The Kier molecular flexibility index (Phi) is 9.54. The van der Waals surface area contributed by atoms with E-state index in [-0.39, 0.29) is 24.1 Å². The second-order valence-electron chi connectivity index (χ2n) is 10.1. The molecule has 3 aromatic carbocycles. The molecule has 0 radical (unpaired) electrons. The molecule has 0 heterocycles. The van der Waals surface area contributed by atoms with Crippen molar-refractivity contribution >= 4 is 0 Å². The number of ether oxygens (including phenoxy) is 2. The van der Waals surface area contributed by atoms with Gasteiger partial charge in [-0.3, -0.25) is 0 Å². The highest BCUT2D eigenvalue weighted by Gasteiger charge is 2.26. The second kappa shape index (κ2) is 13.0. The van der Waals surface area contributed by atoms with E-state index < -0.39 is 11.6 Å². The molecule has 2 nitrogen and oxygen atoms in total. The maximum Gasteiger partial charge on any atom is 0.200 e. The molecule has 5 heteroatoms. The molecule has 0 unspecified atom stereocenters. The van der Waals surface area contributed by atoms with Crippen molar-refractivity contribution in [3.8, 4) is 22.6 Å². The van der Waals surface area contributed by atoms with Crippen molar-refractivity contribution in [3.05, 3.63) is 83.2 Å². The average Bonchev–Trinajstić information content (AvgIpc) is 2.91. The third-order valence-corrected chi connectivity index (χ3v) is 7.49. The highest BCUT2D eigenvalue weighted by molar-refractivity contribution is 5.65. The topological polar surface area (TPSA) is 18.5 Å². The van der Waals surface area contributed by atoms with Crippen molar-refractivity contribution in [2.75, 3.05) is 6.61 Å². The SMILES string of the molecule is CCCCCC1CCC(c2ccc(OCc3ccc(-c4ccc(OCC)cc4F)cc3)c(F)c2F)CC1. The molecule has 4 rings (SSSR count). The van der Waals surface area contributed by atoms with Gasteiger partial charge in [-0.05, 0) is 79.3 Å². The summed E-state index contributed by atoms with van der Waals surface area (Å²) in [5.74, 6) is -0.876. The van der Waals surface area contributed by atoms with Crippen LogP contribution in [0.3, 0.4) is 0 Å². The molecule has 1 aliphatic rings. The van der Waals surface area contributed by atoms with Crippen molar-refractivity contribution in [3.63, 3.8) is 0 Å². The Morgan fingerprint density at radius 1 is 0.784 bits per heavy atom. The van der Waals surface area contributed by atoms with Crippen LogP contribution in [0.2, 0.25) is 0 Å². The third kappa shape index (κ3) is 6.88. The van der Waals surface area contributed by atoms with Gasteiger partial charge in [0.25, 0.3) is 0 Å². The molecule has 0 bridgehead atoms. The van der Waals surface area contributed by atoms with Gasteiger partial charge in [-0.1, -0.05) is 62.9 Å². The van der Waals surface area contributed by atoms with Crippen molar-refractivity contribution < 1.29 is 22.6 Å². The Morgan fingerprint density at radius 2 is 1.54 bits per heavy atom. The van der Waals surface area contributed by atoms with E-state index in [9.17, 15) is 13.2 Å². The van der Waals surface area contributed by atoms with Gasteiger partial charge >= 0.3 is 0 Å². The van der Waals surface area contributed by atoms with Crippen LogP contribution in [-0.2, 0) is 6.61 Å². The van der Waals surface area contributed by atoms with Gasteiger partial charge in [0.15, 0.2) is 11.6 Å². The Balaban J connectivity index is 1.35. The van der Waals surface area contributed by atoms with E-state index in [0.717, 1.165) is 37.2 Å². The minimum Gasteiger partial charge on any atom is -0.494 e. The van der Waals surface area contributed by atoms with E-state index >= 15 is 0 Å². The van der Waals surface area contributed by atoms with Crippen molar-refractivity contribution in [1.29, 1.82) is 0 Å². The Labute approximate surface area is 218 Å². The van der Waals surface area contributed by atoms with Crippen molar-refractivity contribution in [2.24, 2.45) is 5.92 Å². The molecule has 1 aliphatic carbocycles. The number of halogens is 3. The van der Waals surface area contributed by atoms with Gasteiger partial charge in [0.05, 0.1) is 6.61 Å². The first kappa shape index (κ1) is 27.1. The number of benzene rings is 3. The van der Waals surface area contributed by atoms with E-state index in [1.165, 1.54) is 31.7 Å². The zero-order chi connectivity index (χ0) is 26.2. The fourth-order valence-corrected chi connectivity index (χ4v) is 5.35. The predicted molar refractivity (Wildman–Crippen MR) is 143 cm³/mol. The lowest BCUT2D eigenvalue weighted by molar-refractivity contribution is 0.278. The molecule has 0 aliphatic heterocycles. The molecule has 1 fully saturated rings. The zero-order valence-corrected chi connectivity index (χ0v) is 21.9. The lowest BCUT2D eigenvalue weighted by atomic mass is 9.77. The standard InChI is InChI=1S/C32H37F3O2/c1-3-5-6-7-22-8-12-25(13-9-22)28-18-19-30(32(35)31(28)34)37-21-23-10-14-24(15-11-23)27-17-16-26(36-4-2)20-29(27)33/h10-11,14-20,22,25H,3-9,12-13,21H2,1-2H3. The molecular weight excluding hydrogens is 473 g/mol. The van der Waals surface area contributed by atoms with Crippen LogP contribution in [0.1, 0.15) is 82.3 Å². The van der Waals surface area contributed by atoms with Gasteiger partial charge in [-0.15, -0.1) is 0 Å². The molecule has 0 saturated heterocycles. The van der Waals surface area contributed by atoms with Crippen LogP contribution in [-0.4, -0.2) is 6.61 Å². The van der Waals surface area contributed by atoms with Crippen molar-refractivity contribution in [2.45, 2.75) is 77.7 Å². The summed E-state index contributed by atoms with van der Waals surface area (Å²) in [6.07, 6.45) is 9.01. The minimum atomic E-state index is -0.921. The molecule has 0 N–H and O–H groups in total. The zero-order valence-electron chi connectivity index (χ0n) is 21.9. The Bertz CT molecular complexity index is 1150. The summed E-state index contributed by atoms with van der Waals surface area (Å²) in [4.78, 5) is 0. The van der Waals surface area contributed by atoms with Gasteiger partial charge in [-0.25, -0.2) is 8.78 Å². The number of unbranched alkanes of at least 4 members (excludes halogenated alkanes) is 2. The van der Waals surface area contributed by atoms with Gasteiger partial charge in [0.1, 0.15) is 18.2 Å². The quantitative estimate of drug-likeness (QED) is 0.239. The van der Waals surface area contributed by atoms with E-state index in [2.05, 4.69) is 6.92 Å².